The van der Waals surface area contributed by atoms with Gasteiger partial charge in [0.1, 0.15) is 34.5 Å². The molecule has 2 aromatic heterocycles. The van der Waals surface area contributed by atoms with Crippen LogP contribution in [0.25, 0.3) is 10.2 Å². The summed E-state index contributed by atoms with van der Waals surface area (Å²) in [6.45, 7) is 2.91. The minimum atomic E-state index is -0.434. The van der Waals surface area contributed by atoms with Crippen molar-refractivity contribution >= 4 is 27.5 Å². The first-order chi connectivity index (χ1) is 13.6. The fourth-order valence-corrected chi connectivity index (χ4v) is 4.56. The van der Waals surface area contributed by atoms with Crippen molar-refractivity contribution in [2.75, 3.05) is 13.2 Å². The van der Waals surface area contributed by atoms with Crippen molar-refractivity contribution in [3.8, 4) is 5.75 Å². The molecule has 7 heteroatoms. The number of hydrogen-bond acceptors (Lipinski definition) is 6. The summed E-state index contributed by atoms with van der Waals surface area (Å²) in [7, 11) is 0. The maximum atomic E-state index is 13.0. The summed E-state index contributed by atoms with van der Waals surface area (Å²) in [5.41, 5.74) is 0.619. The second-order valence-corrected chi connectivity index (χ2v) is 7.83. The molecule has 0 saturated carbocycles. The van der Waals surface area contributed by atoms with Crippen LogP contribution in [0.15, 0.2) is 35.1 Å². The summed E-state index contributed by atoms with van der Waals surface area (Å²) in [5, 5.41) is 0.545. The first kappa shape index (κ1) is 18.7. The number of carbonyl (C=O) groups excluding carboxylic acids is 1. The zero-order chi connectivity index (χ0) is 19.5. The quantitative estimate of drug-likeness (QED) is 0.484. The van der Waals surface area contributed by atoms with Crippen molar-refractivity contribution in [3.05, 3.63) is 57.0 Å². The average molecular weight is 398 g/mol. The first-order valence-electron chi connectivity index (χ1n) is 9.53. The van der Waals surface area contributed by atoms with Crippen molar-refractivity contribution in [1.82, 2.24) is 9.55 Å². The molecule has 146 valence electrons. The molecular weight excluding hydrogens is 376 g/mol. The molecule has 28 heavy (non-hydrogen) atoms. The molecule has 6 nitrogen and oxygen atoms in total. The zero-order valence-electron chi connectivity index (χ0n) is 15.8. The van der Waals surface area contributed by atoms with Crippen molar-refractivity contribution in [1.29, 1.82) is 0 Å². The van der Waals surface area contributed by atoms with Crippen LogP contribution < -0.4 is 10.3 Å². The predicted molar refractivity (Wildman–Crippen MR) is 108 cm³/mol. The molecule has 0 saturated heterocycles. The second kappa shape index (κ2) is 8.14. The van der Waals surface area contributed by atoms with Crippen LogP contribution in [-0.4, -0.2) is 28.7 Å². The van der Waals surface area contributed by atoms with Crippen LogP contribution in [0.3, 0.4) is 0 Å². The molecule has 4 rings (SSSR count). The molecule has 0 spiro atoms. The van der Waals surface area contributed by atoms with E-state index in [1.54, 1.807) is 11.5 Å². The van der Waals surface area contributed by atoms with E-state index in [2.05, 4.69) is 4.98 Å². The van der Waals surface area contributed by atoms with Crippen LogP contribution in [0.5, 0.6) is 5.75 Å². The number of nitrogens with zero attached hydrogens (tertiary/aromatic N) is 2. The third-order valence-corrected chi connectivity index (χ3v) is 6.09. The van der Waals surface area contributed by atoms with Gasteiger partial charge in [0.15, 0.2) is 0 Å². The van der Waals surface area contributed by atoms with Crippen molar-refractivity contribution in [2.24, 2.45) is 0 Å². The highest BCUT2D eigenvalue weighted by molar-refractivity contribution is 7.20. The number of para-hydroxylation sites is 1. The molecule has 0 bridgehead atoms. The topological polar surface area (TPSA) is 70.4 Å². The predicted octanol–water partition coefficient (Wildman–Crippen LogP) is 3.73. The summed E-state index contributed by atoms with van der Waals surface area (Å²) in [5.74, 6) is 1.12. The molecular formula is C21H22N2O4S. The van der Waals surface area contributed by atoms with E-state index in [0.29, 0.717) is 27.2 Å². The lowest BCUT2D eigenvalue weighted by Crippen LogP contribution is -2.24. The number of benzene rings is 1. The Labute approximate surface area is 166 Å². The second-order valence-electron chi connectivity index (χ2n) is 6.83. The van der Waals surface area contributed by atoms with E-state index in [4.69, 9.17) is 9.47 Å². The van der Waals surface area contributed by atoms with E-state index < -0.39 is 5.97 Å². The molecule has 3 heterocycles. The number of rotatable bonds is 5. The molecule has 1 aromatic carbocycles. The molecule has 0 N–H and O–H groups in total. The summed E-state index contributed by atoms with van der Waals surface area (Å²) in [6, 6.07) is 9.37. The minimum Gasteiger partial charge on any atom is -0.490 e. The Morgan fingerprint density at radius 2 is 2.00 bits per heavy atom. The SMILES string of the molecule is Cc1c(C(=O)OCCOc2ccccc2)sc2nc3n(c(=O)c12)CCCCC3. The summed E-state index contributed by atoms with van der Waals surface area (Å²) >= 11 is 1.24. The normalized spacial score (nSPS) is 13.8. The third kappa shape index (κ3) is 3.67. The Hall–Kier alpha value is -2.67. The first-order valence-corrected chi connectivity index (χ1v) is 10.3. The van der Waals surface area contributed by atoms with Crippen LogP contribution in [0, 0.1) is 6.92 Å². The van der Waals surface area contributed by atoms with Gasteiger partial charge in [0, 0.05) is 13.0 Å². The van der Waals surface area contributed by atoms with Gasteiger partial charge in [0.25, 0.3) is 5.56 Å². The molecule has 3 aromatic rings. The largest absolute Gasteiger partial charge is 0.490 e. The van der Waals surface area contributed by atoms with Crippen LogP contribution in [-0.2, 0) is 17.7 Å². The summed E-state index contributed by atoms with van der Waals surface area (Å²) < 4.78 is 12.7. The summed E-state index contributed by atoms with van der Waals surface area (Å²) in [4.78, 5) is 31.2. The zero-order valence-corrected chi connectivity index (χ0v) is 16.6. The number of aryl methyl sites for hydroxylation is 2. The lowest BCUT2D eigenvalue weighted by molar-refractivity contribution is 0.0455. The smallest absolute Gasteiger partial charge is 0.348 e. The highest BCUT2D eigenvalue weighted by atomic mass is 32.1. The Balaban J connectivity index is 1.50. The van der Waals surface area contributed by atoms with E-state index in [1.165, 1.54) is 11.3 Å². The maximum Gasteiger partial charge on any atom is 0.348 e. The molecule has 0 amide bonds. The van der Waals surface area contributed by atoms with Gasteiger partial charge in [0.2, 0.25) is 0 Å². The number of aromatic nitrogens is 2. The standard InChI is InChI=1S/C21H22N2O4S/c1-14-17-19(22-16-10-6-3-7-11-23(16)20(17)24)28-18(14)21(25)27-13-12-26-15-8-4-2-5-9-15/h2,4-5,8-9H,3,6-7,10-13H2,1H3. The third-order valence-electron chi connectivity index (χ3n) is 4.93. The Morgan fingerprint density at radius 1 is 1.18 bits per heavy atom. The molecule has 0 aliphatic carbocycles. The molecule has 1 aliphatic heterocycles. The van der Waals surface area contributed by atoms with Gasteiger partial charge in [-0.15, -0.1) is 11.3 Å². The number of hydrogen-bond donors (Lipinski definition) is 0. The number of thiophene rings is 1. The lowest BCUT2D eigenvalue weighted by Gasteiger charge is -2.08. The van der Waals surface area contributed by atoms with Crippen molar-refractivity contribution in [3.63, 3.8) is 0 Å². The van der Waals surface area contributed by atoms with Gasteiger partial charge in [-0.05, 0) is 37.5 Å². The van der Waals surface area contributed by atoms with Crippen LogP contribution in [0.2, 0.25) is 0 Å². The van der Waals surface area contributed by atoms with Gasteiger partial charge >= 0.3 is 5.97 Å². The monoisotopic (exact) mass is 398 g/mol. The van der Waals surface area contributed by atoms with Crippen LogP contribution >= 0.6 is 11.3 Å². The van der Waals surface area contributed by atoms with E-state index in [1.807, 2.05) is 30.3 Å². The van der Waals surface area contributed by atoms with Crippen LogP contribution in [0.1, 0.15) is 40.3 Å². The number of esters is 1. The van der Waals surface area contributed by atoms with E-state index >= 15 is 0 Å². The van der Waals surface area contributed by atoms with Gasteiger partial charge < -0.3 is 9.47 Å². The number of carbonyl (C=O) groups is 1. The number of fused-ring (bicyclic) bond motifs is 2. The highest BCUT2D eigenvalue weighted by Gasteiger charge is 2.23. The van der Waals surface area contributed by atoms with Crippen LogP contribution in [0.4, 0.5) is 0 Å². The summed E-state index contributed by atoms with van der Waals surface area (Å²) in [6.07, 6.45) is 3.94. The molecule has 0 fully saturated rings. The van der Waals surface area contributed by atoms with Gasteiger partial charge in [-0.25, -0.2) is 9.78 Å². The minimum absolute atomic E-state index is 0.0397. The molecule has 0 atom stereocenters. The Morgan fingerprint density at radius 3 is 2.82 bits per heavy atom. The fraction of sp³-hybridized carbons (Fsp3) is 0.381. The lowest BCUT2D eigenvalue weighted by atomic mass is 10.2. The van der Waals surface area contributed by atoms with Gasteiger partial charge in [0.05, 0.1) is 5.39 Å². The average Bonchev–Trinajstić information content (AvgIpc) is 2.88. The van der Waals surface area contributed by atoms with Gasteiger partial charge in [-0.2, -0.15) is 0 Å². The highest BCUT2D eigenvalue weighted by Crippen LogP contribution is 2.29. The molecule has 0 unspecified atom stereocenters. The van der Waals surface area contributed by atoms with Crippen molar-refractivity contribution < 1.29 is 14.3 Å². The van der Waals surface area contributed by atoms with Crippen molar-refractivity contribution in [2.45, 2.75) is 39.2 Å². The number of ether oxygens (including phenoxy) is 2. The maximum absolute atomic E-state index is 13.0. The molecule has 0 radical (unpaired) electrons. The van der Waals surface area contributed by atoms with Gasteiger partial charge in [-0.3, -0.25) is 9.36 Å². The fourth-order valence-electron chi connectivity index (χ4n) is 3.48. The van der Waals surface area contributed by atoms with Gasteiger partial charge in [-0.1, -0.05) is 24.6 Å². The van der Waals surface area contributed by atoms with E-state index in [9.17, 15) is 9.59 Å². The van der Waals surface area contributed by atoms with E-state index in [0.717, 1.165) is 37.3 Å². The Bertz CT molecular complexity index is 1060. The molecule has 1 aliphatic rings. The van der Waals surface area contributed by atoms with E-state index in [-0.39, 0.29) is 18.8 Å². The Kier molecular flexibility index (Phi) is 5.43.